The van der Waals surface area contributed by atoms with E-state index in [-0.39, 0.29) is 5.56 Å². The van der Waals surface area contributed by atoms with Crippen LogP contribution in [0.4, 0.5) is 4.39 Å². The van der Waals surface area contributed by atoms with E-state index in [9.17, 15) is 9.18 Å². The molecule has 2 aromatic carbocycles. The van der Waals surface area contributed by atoms with E-state index in [4.69, 9.17) is 14.2 Å². The van der Waals surface area contributed by atoms with Crippen molar-refractivity contribution < 1.29 is 23.4 Å². The van der Waals surface area contributed by atoms with Crippen LogP contribution in [-0.2, 0) is 15.9 Å². The molecular formula is C23H27FO4. The number of halogens is 1. The Hall–Kier alpha value is -2.24. The molecule has 0 atom stereocenters. The van der Waals surface area contributed by atoms with Crippen molar-refractivity contribution in [1.29, 1.82) is 0 Å². The third-order valence-corrected chi connectivity index (χ3v) is 4.96. The first-order valence-electron chi connectivity index (χ1n) is 9.94. The number of carbonyl (C=O) groups excluding carboxylic acids is 1. The molecule has 0 radical (unpaired) electrons. The standard InChI is InChI=1S/C23H27FO4/c1-3-5-6-17-14-26-23(27-15-17)20-12-9-18(13-21(20)24)22(25)28-19-10-7-16(4-2)8-11-19/h7-13,17,23H,3-6,14-15H2,1-2H3. The monoisotopic (exact) mass is 386 g/mol. The van der Waals surface area contributed by atoms with Crippen LogP contribution in [-0.4, -0.2) is 19.2 Å². The van der Waals surface area contributed by atoms with Crippen LogP contribution in [0, 0.1) is 11.7 Å². The normalized spacial score (nSPS) is 19.4. The highest BCUT2D eigenvalue weighted by atomic mass is 19.1. The van der Waals surface area contributed by atoms with Crippen LogP contribution in [0.2, 0.25) is 0 Å². The summed E-state index contributed by atoms with van der Waals surface area (Å²) in [6.07, 6.45) is 3.49. The first-order chi connectivity index (χ1) is 13.6. The molecule has 4 nitrogen and oxygen atoms in total. The van der Waals surface area contributed by atoms with Crippen LogP contribution in [0.3, 0.4) is 0 Å². The largest absolute Gasteiger partial charge is 0.423 e. The lowest BCUT2D eigenvalue weighted by Gasteiger charge is -2.29. The highest BCUT2D eigenvalue weighted by molar-refractivity contribution is 5.91. The summed E-state index contributed by atoms with van der Waals surface area (Å²) in [5.74, 6) is -0.344. The summed E-state index contributed by atoms with van der Waals surface area (Å²) in [5.41, 5.74) is 1.61. The highest BCUT2D eigenvalue weighted by Crippen LogP contribution is 2.29. The van der Waals surface area contributed by atoms with Gasteiger partial charge in [0.05, 0.1) is 18.8 Å². The zero-order chi connectivity index (χ0) is 19.9. The van der Waals surface area contributed by atoms with Gasteiger partial charge in [-0.2, -0.15) is 0 Å². The summed E-state index contributed by atoms with van der Waals surface area (Å²) in [6, 6.07) is 11.5. The maximum Gasteiger partial charge on any atom is 0.343 e. The van der Waals surface area contributed by atoms with Gasteiger partial charge in [0.25, 0.3) is 0 Å². The van der Waals surface area contributed by atoms with E-state index in [0.717, 1.165) is 31.2 Å². The maximum absolute atomic E-state index is 14.6. The summed E-state index contributed by atoms with van der Waals surface area (Å²) in [4.78, 5) is 12.3. The first kappa shape index (κ1) is 20.5. The van der Waals surface area contributed by atoms with E-state index in [2.05, 4.69) is 13.8 Å². The molecule has 28 heavy (non-hydrogen) atoms. The third kappa shape index (κ3) is 5.18. The summed E-state index contributed by atoms with van der Waals surface area (Å²) in [7, 11) is 0. The van der Waals surface area contributed by atoms with Crippen molar-refractivity contribution in [2.45, 2.75) is 45.8 Å². The molecular weight excluding hydrogens is 359 g/mol. The molecule has 1 aliphatic rings. The minimum atomic E-state index is -0.732. The predicted molar refractivity (Wildman–Crippen MR) is 105 cm³/mol. The molecule has 0 aromatic heterocycles. The topological polar surface area (TPSA) is 44.8 Å². The second-order valence-electron chi connectivity index (χ2n) is 7.13. The molecule has 2 aromatic rings. The lowest BCUT2D eigenvalue weighted by atomic mass is 10.0. The van der Waals surface area contributed by atoms with Gasteiger partial charge in [-0.15, -0.1) is 0 Å². The van der Waals surface area contributed by atoms with E-state index in [1.807, 2.05) is 12.1 Å². The third-order valence-electron chi connectivity index (χ3n) is 4.96. The predicted octanol–water partition coefficient (Wildman–Crippen LogP) is 5.46. The van der Waals surface area contributed by atoms with Gasteiger partial charge >= 0.3 is 5.97 Å². The minimum absolute atomic E-state index is 0.150. The fourth-order valence-electron chi connectivity index (χ4n) is 3.19. The molecule has 1 aliphatic heterocycles. The number of hydrogen-bond acceptors (Lipinski definition) is 4. The van der Waals surface area contributed by atoms with Crippen molar-refractivity contribution in [1.82, 2.24) is 0 Å². The summed E-state index contributed by atoms with van der Waals surface area (Å²) in [6.45, 7) is 5.31. The number of hydrogen-bond donors (Lipinski definition) is 0. The average molecular weight is 386 g/mol. The van der Waals surface area contributed by atoms with E-state index in [0.29, 0.717) is 30.4 Å². The molecule has 3 rings (SSSR count). The van der Waals surface area contributed by atoms with Crippen molar-refractivity contribution in [2.75, 3.05) is 13.2 Å². The fraction of sp³-hybridized carbons (Fsp3) is 0.435. The summed E-state index contributed by atoms with van der Waals surface area (Å²) < 4.78 is 31.3. The van der Waals surface area contributed by atoms with Gasteiger partial charge < -0.3 is 14.2 Å². The molecule has 0 bridgehead atoms. The Labute approximate surface area is 165 Å². The fourth-order valence-corrected chi connectivity index (χ4v) is 3.19. The summed E-state index contributed by atoms with van der Waals surface area (Å²) >= 11 is 0. The first-order valence-corrected chi connectivity index (χ1v) is 9.94. The van der Waals surface area contributed by atoms with Gasteiger partial charge in [0.15, 0.2) is 6.29 Å². The number of esters is 1. The molecule has 0 amide bonds. The maximum atomic E-state index is 14.6. The number of unbranched alkanes of at least 4 members (excludes halogenated alkanes) is 1. The molecule has 1 fully saturated rings. The smallest absolute Gasteiger partial charge is 0.343 e. The Morgan fingerprint density at radius 3 is 2.43 bits per heavy atom. The Kier molecular flexibility index (Phi) is 7.18. The second-order valence-corrected chi connectivity index (χ2v) is 7.13. The van der Waals surface area contributed by atoms with Crippen molar-refractivity contribution in [3.63, 3.8) is 0 Å². The number of aryl methyl sites for hydroxylation is 1. The minimum Gasteiger partial charge on any atom is -0.423 e. The van der Waals surface area contributed by atoms with Gasteiger partial charge in [0.1, 0.15) is 11.6 Å². The van der Waals surface area contributed by atoms with Gasteiger partial charge in [0, 0.05) is 11.5 Å². The molecule has 1 heterocycles. The highest BCUT2D eigenvalue weighted by Gasteiger charge is 2.26. The molecule has 150 valence electrons. The van der Waals surface area contributed by atoms with Gasteiger partial charge in [-0.1, -0.05) is 44.9 Å². The zero-order valence-corrected chi connectivity index (χ0v) is 16.4. The number of carbonyl (C=O) groups is 1. The van der Waals surface area contributed by atoms with Crippen LogP contribution >= 0.6 is 0 Å². The van der Waals surface area contributed by atoms with Crippen LogP contribution in [0.5, 0.6) is 5.75 Å². The zero-order valence-electron chi connectivity index (χ0n) is 16.4. The van der Waals surface area contributed by atoms with Crippen LogP contribution < -0.4 is 4.74 Å². The van der Waals surface area contributed by atoms with Crippen LogP contribution in [0.1, 0.15) is 60.9 Å². The molecule has 0 N–H and O–H groups in total. The van der Waals surface area contributed by atoms with E-state index < -0.39 is 18.1 Å². The van der Waals surface area contributed by atoms with Crippen molar-refractivity contribution >= 4 is 5.97 Å². The Morgan fingerprint density at radius 2 is 1.82 bits per heavy atom. The lowest BCUT2D eigenvalue weighted by molar-refractivity contribution is -0.207. The van der Waals surface area contributed by atoms with Crippen LogP contribution in [0.15, 0.2) is 42.5 Å². The van der Waals surface area contributed by atoms with Crippen molar-refractivity contribution in [3.05, 3.63) is 65.0 Å². The number of rotatable bonds is 7. The molecule has 0 aliphatic carbocycles. The average Bonchev–Trinajstić information content (AvgIpc) is 2.73. The van der Waals surface area contributed by atoms with E-state index in [1.165, 1.54) is 18.2 Å². The Bertz CT molecular complexity index is 780. The Morgan fingerprint density at radius 1 is 1.11 bits per heavy atom. The Balaban J connectivity index is 1.61. The van der Waals surface area contributed by atoms with Crippen molar-refractivity contribution in [3.8, 4) is 5.75 Å². The van der Waals surface area contributed by atoms with Gasteiger partial charge in [-0.3, -0.25) is 0 Å². The summed E-state index contributed by atoms with van der Waals surface area (Å²) in [5, 5.41) is 0. The number of benzene rings is 2. The van der Waals surface area contributed by atoms with Crippen molar-refractivity contribution in [2.24, 2.45) is 5.92 Å². The molecule has 0 saturated carbocycles. The van der Waals surface area contributed by atoms with E-state index >= 15 is 0 Å². The lowest BCUT2D eigenvalue weighted by Crippen LogP contribution is -2.27. The van der Waals surface area contributed by atoms with E-state index in [1.54, 1.807) is 12.1 Å². The quantitative estimate of drug-likeness (QED) is 0.468. The van der Waals surface area contributed by atoms with Crippen LogP contribution in [0.25, 0.3) is 0 Å². The number of ether oxygens (including phenoxy) is 3. The molecule has 0 unspecified atom stereocenters. The SMILES string of the molecule is CCCCC1COC(c2ccc(C(=O)Oc3ccc(CC)cc3)cc2F)OC1. The second kappa shape index (κ2) is 9.80. The van der Waals surface area contributed by atoms with Gasteiger partial charge in [-0.05, 0) is 42.7 Å². The van der Waals surface area contributed by atoms with Gasteiger partial charge in [0.2, 0.25) is 0 Å². The molecule has 5 heteroatoms. The molecule has 0 spiro atoms. The van der Waals surface area contributed by atoms with Gasteiger partial charge in [-0.25, -0.2) is 9.18 Å². The molecule has 1 saturated heterocycles.